The van der Waals surface area contributed by atoms with Crippen molar-refractivity contribution in [3.63, 3.8) is 0 Å². The second-order valence-electron chi connectivity index (χ2n) is 7.88. The Labute approximate surface area is 160 Å². The Hall–Kier alpha value is -1.25. The Bertz CT molecular complexity index is 567. The first-order valence-electron chi connectivity index (χ1n) is 10.0. The first-order chi connectivity index (χ1) is 13.2. The largest absolute Gasteiger partial charge is 0.381 e. The molecule has 0 spiro atoms. The zero-order chi connectivity index (χ0) is 18.5. The van der Waals surface area contributed by atoms with Gasteiger partial charge in [0.25, 0.3) is 5.91 Å². The molecular weight excluding hydrogens is 348 g/mol. The van der Waals surface area contributed by atoms with Gasteiger partial charge < -0.3 is 24.3 Å². The van der Waals surface area contributed by atoms with Gasteiger partial charge >= 0.3 is 0 Å². The van der Waals surface area contributed by atoms with Crippen molar-refractivity contribution >= 4 is 5.91 Å². The van der Waals surface area contributed by atoms with Crippen LogP contribution in [0.5, 0.6) is 0 Å². The lowest BCUT2D eigenvalue weighted by molar-refractivity contribution is -0.169. The molecule has 4 rings (SSSR count). The van der Waals surface area contributed by atoms with Crippen LogP contribution in [-0.2, 0) is 23.7 Å². The first-order valence-corrected chi connectivity index (χ1v) is 10.0. The highest BCUT2D eigenvalue weighted by Gasteiger charge is 2.38. The van der Waals surface area contributed by atoms with E-state index in [0.29, 0.717) is 13.2 Å². The van der Waals surface area contributed by atoms with E-state index in [-0.39, 0.29) is 23.5 Å². The van der Waals surface area contributed by atoms with Crippen molar-refractivity contribution in [2.75, 3.05) is 59.2 Å². The van der Waals surface area contributed by atoms with Crippen LogP contribution in [-0.4, -0.2) is 88.3 Å². The monoisotopic (exact) mass is 378 g/mol. The Morgan fingerprint density at radius 1 is 1.04 bits per heavy atom. The minimum atomic E-state index is -0.553. The summed E-state index contributed by atoms with van der Waals surface area (Å²) in [5.41, 5.74) is 0.0524. The number of morpholine rings is 1. The van der Waals surface area contributed by atoms with E-state index < -0.39 is 6.10 Å². The molecule has 3 saturated heterocycles. The van der Waals surface area contributed by atoms with Crippen molar-refractivity contribution in [2.24, 2.45) is 5.41 Å². The molecule has 3 aliphatic heterocycles. The number of rotatable bonds is 5. The van der Waals surface area contributed by atoms with E-state index in [1.54, 1.807) is 0 Å². The minimum absolute atomic E-state index is 0.0524. The highest BCUT2D eigenvalue weighted by Crippen LogP contribution is 2.31. The van der Waals surface area contributed by atoms with Gasteiger partial charge in [-0.15, -0.1) is 0 Å². The molecular formula is C20H30N2O5. The molecule has 3 heterocycles. The molecule has 3 unspecified atom stereocenters. The number of allylic oxidation sites excluding steroid dienone is 2. The molecule has 3 fully saturated rings. The van der Waals surface area contributed by atoms with Crippen molar-refractivity contribution < 1.29 is 23.7 Å². The fraction of sp³-hybridized carbons (Fsp3) is 0.750. The summed E-state index contributed by atoms with van der Waals surface area (Å²) in [5, 5.41) is 3.15. The van der Waals surface area contributed by atoms with Gasteiger partial charge in [0.1, 0.15) is 12.2 Å². The number of ether oxygens (including phenoxy) is 4. The molecule has 1 N–H and O–H groups in total. The van der Waals surface area contributed by atoms with Gasteiger partial charge in [-0.2, -0.15) is 0 Å². The highest BCUT2D eigenvalue weighted by atomic mass is 16.6. The van der Waals surface area contributed by atoms with Crippen LogP contribution in [0.2, 0.25) is 0 Å². The Kier molecular flexibility index (Phi) is 6.24. The van der Waals surface area contributed by atoms with Crippen LogP contribution in [0, 0.1) is 5.41 Å². The molecule has 0 aromatic heterocycles. The van der Waals surface area contributed by atoms with Crippen LogP contribution in [0.1, 0.15) is 12.8 Å². The van der Waals surface area contributed by atoms with Crippen molar-refractivity contribution in [3.05, 3.63) is 24.3 Å². The predicted octanol–water partition coefficient (Wildman–Crippen LogP) is 0.510. The van der Waals surface area contributed by atoms with E-state index in [1.807, 2.05) is 24.3 Å². The third kappa shape index (κ3) is 4.78. The first kappa shape index (κ1) is 19.1. The maximum atomic E-state index is 12.7. The molecule has 0 bridgehead atoms. The van der Waals surface area contributed by atoms with Crippen LogP contribution in [0.25, 0.3) is 0 Å². The number of nitrogens with zero attached hydrogens (tertiary/aromatic N) is 1. The number of hydrogen-bond acceptors (Lipinski definition) is 6. The quantitative estimate of drug-likeness (QED) is 0.752. The minimum Gasteiger partial charge on any atom is -0.381 e. The number of fused-ring (bicyclic) bond motifs is 1. The zero-order valence-electron chi connectivity index (χ0n) is 15.8. The molecule has 0 aromatic carbocycles. The lowest BCUT2D eigenvalue weighted by atomic mass is 9.79. The van der Waals surface area contributed by atoms with Gasteiger partial charge in [0, 0.05) is 44.8 Å². The molecule has 0 aromatic rings. The lowest BCUT2D eigenvalue weighted by Gasteiger charge is -2.42. The second-order valence-corrected chi connectivity index (χ2v) is 7.88. The highest BCUT2D eigenvalue weighted by molar-refractivity contribution is 5.81. The molecule has 150 valence electrons. The van der Waals surface area contributed by atoms with Crippen LogP contribution in [0.15, 0.2) is 24.3 Å². The zero-order valence-corrected chi connectivity index (χ0v) is 15.8. The lowest BCUT2D eigenvalue weighted by Crippen LogP contribution is -2.54. The molecule has 27 heavy (non-hydrogen) atoms. The fourth-order valence-electron chi connectivity index (χ4n) is 4.22. The van der Waals surface area contributed by atoms with E-state index >= 15 is 0 Å². The summed E-state index contributed by atoms with van der Waals surface area (Å²) >= 11 is 0. The third-order valence-electron chi connectivity index (χ3n) is 5.94. The molecule has 0 saturated carbocycles. The molecule has 7 heteroatoms. The topological polar surface area (TPSA) is 69.3 Å². The van der Waals surface area contributed by atoms with Gasteiger partial charge in [0.05, 0.1) is 19.8 Å². The molecule has 4 aliphatic rings. The molecule has 7 nitrogen and oxygen atoms in total. The number of carbonyl (C=O) groups excluding carboxylic acids is 1. The SMILES string of the molecule is O=C(NCC1(CN2CCOCC2)CCOCC1)C1COC2C=CC=CC2O1. The Morgan fingerprint density at radius 3 is 2.52 bits per heavy atom. The average molecular weight is 378 g/mol. The van der Waals surface area contributed by atoms with E-state index in [4.69, 9.17) is 18.9 Å². The van der Waals surface area contributed by atoms with Crippen LogP contribution < -0.4 is 5.32 Å². The average Bonchev–Trinajstić information content (AvgIpc) is 2.73. The summed E-state index contributed by atoms with van der Waals surface area (Å²) < 4.78 is 22.8. The van der Waals surface area contributed by atoms with Crippen LogP contribution in [0.3, 0.4) is 0 Å². The maximum Gasteiger partial charge on any atom is 0.251 e. The van der Waals surface area contributed by atoms with Gasteiger partial charge in [-0.3, -0.25) is 9.69 Å². The van der Waals surface area contributed by atoms with Crippen molar-refractivity contribution in [1.29, 1.82) is 0 Å². The van der Waals surface area contributed by atoms with Gasteiger partial charge in [0.2, 0.25) is 0 Å². The summed E-state index contributed by atoms with van der Waals surface area (Å²) in [6, 6.07) is 0. The summed E-state index contributed by atoms with van der Waals surface area (Å²) in [5.74, 6) is -0.0794. The number of hydrogen-bond donors (Lipinski definition) is 1. The molecule has 3 atom stereocenters. The summed E-state index contributed by atoms with van der Waals surface area (Å²) in [6.45, 7) is 6.92. The Morgan fingerprint density at radius 2 is 1.74 bits per heavy atom. The van der Waals surface area contributed by atoms with Gasteiger partial charge in [-0.25, -0.2) is 0 Å². The third-order valence-corrected chi connectivity index (χ3v) is 5.94. The fourth-order valence-corrected chi connectivity index (χ4v) is 4.22. The molecule has 1 aliphatic carbocycles. The summed E-state index contributed by atoms with van der Waals surface area (Å²) in [6.07, 6.45) is 8.92. The van der Waals surface area contributed by atoms with Gasteiger partial charge in [-0.1, -0.05) is 24.3 Å². The second kappa shape index (κ2) is 8.84. The smallest absolute Gasteiger partial charge is 0.251 e. The number of nitrogens with one attached hydrogen (secondary N) is 1. The van der Waals surface area contributed by atoms with E-state index in [0.717, 1.165) is 58.9 Å². The van der Waals surface area contributed by atoms with E-state index in [9.17, 15) is 4.79 Å². The van der Waals surface area contributed by atoms with Crippen LogP contribution in [0.4, 0.5) is 0 Å². The maximum absolute atomic E-state index is 12.7. The van der Waals surface area contributed by atoms with Gasteiger partial charge in [0.15, 0.2) is 6.10 Å². The van der Waals surface area contributed by atoms with Crippen molar-refractivity contribution in [1.82, 2.24) is 10.2 Å². The molecule has 1 amide bonds. The van der Waals surface area contributed by atoms with Crippen molar-refractivity contribution in [2.45, 2.75) is 31.2 Å². The summed E-state index contributed by atoms with van der Waals surface area (Å²) in [4.78, 5) is 15.2. The molecule has 0 radical (unpaired) electrons. The van der Waals surface area contributed by atoms with E-state index in [2.05, 4.69) is 10.2 Å². The predicted molar refractivity (Wildman–Crippen MR) is 99.4 cm³/mol. The number of carbonyl (C=O) groups is 1. The standard InChI is InChI=1S/C20H30N2O5/c23-19(18-13-26-16-3-1-2-4-17(16)27-18)21-14-20(5-9-24-10-6-20)15-22-7-11-25-12-8-22/h1-4,16-18H,5-15H2,(H,21,23). The van der Waals surface area contributed by atoms with Crippen molar-refractivity contribution in [3.8, 4) is 0 Å². The normalized spacial score (nSPS) is 33.4. The Balaban J connectivity index is 1.32. The van der Waals surface area contributed by atoms with Crippen LogP contribution >= 0.6 is 0 Å². The van der Waals surface area contributed by atoms with Gasteiger partial charge in [-0.05, 0) is 12.8 Å². The van der Waals surface area contributed by atoms with E-state index in [1.165, 1.54) is 0 Å². The summed E-state index contributed by atoms with van der Waals surface area (Å²) in [7, 11) is 0. The number of amides is 1.